The molecule has 6 nitrogen and oxygen atoms in total. The van der Waals surface area contributed by atoms with E-state index in [-0.39, 0.29) is 5.91 Å². The molecule has 0 radical (unpaired) electrons. The molecule has 27 heavy (non-hydrogen) atoms. The van der Waals surface area contributed by atoms with E-state index in [9.17, 15) is 4.79 Å². The smallest absolute Gasteiger partial charge is 0.228 e. The molecule has 0 aliphatic carbocycles. The molecule has 0 aliphatic rings. The number of hydrogen-bond acceptors (Lipinski definition) is 4. The number of hydrogen-bond donors (Lipinski definition) is 1. The summed E-state index contributed by atoms with van der Waals surface area (Å²) in [5.74, 6) is 0.684. The Bertz CT molecular complexity index is 1120. The molecule has 2 heterocycles. The number of amides is 1. The SMILES string of the molecule is Cc1ccc(CC(=O)Nc2cccc(-c3ccc4nnc(C)n4n3)c2)cc1. The Morgan fingerprint density at radius 1 is 1.00 bits per heavy atom. The molecular weight excluding hydrogens is 338 g/mol. The summed E-state index contributed by atoms with van der Waals surface area (Å²) in [5.41, 5.74) is 5.33. The van der Waals surface area contributed by atoms with Gasteiger partial charge in [-0.05, 0) is 43.7 Å². The van der Waals surface area contributed by atoms with Crippen LogP contribution in [0.25, 0.3) is 16.9 Å². The van der Waals surface area contributed by atoms with Crippen LogP contribution >= 0.6 is 0 Å². The van der Waals surface area contributed by atoms with Crippen molar-refractivity contribution in [3.63, 3.8) is 0 Å². The summed E-state index contributed by atoms with van der Waals surface area (Å²) in [5, 5.41) is 15.6. The van der Waals surface area contributed by atoms with Crippen LogP contribution in [0.4, 0.5) is 5.69 Å². The lowest BCUT2D eigenvalue weighted by molar-refractivity contribution is -0.115. The van der Waals surface area contributed by atoms with Gasteiger partial charge in [-0.15, -0.1) is 10.2 Å². The van der Waals surface area contributed by atoms with Crippen LogP contribution in [0, 0.1) is 13.8 Å². The first kappa shape index (κ1) is 16.9. The second-order valence-corrected chi connectivity index (χ2v) is 6.53. The van der Waals surface area contributed by atoms with Crippen molar-refractivity contribution in [3.05, 3.63) is 77.6 Å². The first-order chi connectivity index (χ1) is 13.1. The molecule has 4 rings (SSSR count). The fraction of sp³-hybridized carbons (Fsp3) is 0.143. The molecule has 1 amide bonds. The zero-order chi connectivity index (χ0) is 18.8. The molecule has 0 atom stereocenters. The van der Waals surface area contributed by atoms with Crippen LogP contribution in [-0.4, -0.2) is 25.7 Å². The largest absolute Gasteiger partial charge is 0.326 e. The van der Waals surface area contributed by atoms with Crippen molar-refractivity contribution in [1.29, 1.82) is 0 Å². The molecule has 0 fully saturated rings. The van der Waals surface area contributed by atoms with Gasteiger partial charge in [-0.3, -0.25) is 4.79 Å². The number of nitrogens with one attached hydrogen (secondary N) is 1. The zero-order valence-corrected chi connectivity index (χ0v) is 15.2. The summed E-state index contributed by atoms with van der Waals surface area (Å²) in [7, 11) is 0. The molecule has 0 aliphatic heterocycles. The van der Waals surface area contributed by atoms with Crippen LogP contribution < -0.4 is 5.32 Å². The van der Waals surface area contributed by atoms with E-state index in [0.717, 1.165) is 28.3 Å². The number of aryl methyl sites for hydroxylation is 2. The second kappa shape index (κ2) is 6.99. The van der Waals surface area contributed by atoms with Gasteiger partial charge in [-0.2, -0.15) is 9.61 Å². The van der Waals surface area contributed by atoms with Gasteiger partial charge in [-0.1, -0.05) is 42.0 Å². The van der Waals surface area contributed by atoms with Crippen molar-refractivity contribution in [2.45, 2.75) is 20.3 Å². The van der Waals surface area contributed by atoms with Crippen molar-refractivity contribution in [2.24, 2.45) is 0 Å². The maximum Gasteiger partial charge on any atom is 0.228 e. The van der Waals surface area contributed by atoms with E-state index in [0.29, 0.717) is 12.1 Å². The number of benzene rings is 2. The standard InChI is InChI=1S/C21H19N5O/c1-14-6-8-16(9-7-14)12-21(27)22-18-5-3-4-17(13-18)19-10-11-20-24-23-15(2)26(20)25-19/h3-11,13H,12H2,1-2H3,(H,22,27). The van der Waals surface area contributed by atoms with Gasteiger partial charge in [0, 0.05) is 11.3 Å². The first-order valence-corrected chi connectivity index (χ1v) is 8.73. The Kier molecular flexibility index (Phi) is 4.38. The summed E-state index contributed by atoms with van der Waals surface area (Å²) in [6, 6.07) is 19.4. The highest BCUT2D eigenvalue weighted by atomic mass is 16.1. The summed E-state index contributed by atoms with van der Waals surface area (Å²) in [6.07, 6.45) is 0.342. The van der Waals surface area contributed by atoms with Gasteiger partial charge in [0.05, 0.1) is 12.1 Å². The van der Waals surface area contributed by atoms with E-state index in [1.54, 1.807) is 4.52 Å². The summed E-state index contributed by atoms with van der Waals surface area (Å²) < 4.78 is 1.71. The number of fused-ring (bicyclic) bond motifs is 1. The topological polar surface area (TPSA) is 72.2 Å². The van der Waals surface area contributed by atoms with Crippen LogP contribution in [-0.2, 0) is 11.2 Å². The number of carbonyl (C=O) groups is 1. The van der Waals surface area contributed by atoms with Gasteiger partial charge in [-0.25, -0.2) is 0 Å². The van der Waals surface area contributed by atoms with Gasteiger partial charge >= 0.3 is 0 Å². The predicted octanol–water partition coefficient (Wildman–Crippen LogP) is 3.59. The highest BCUT2D eigenvalue weighted by Crippen LogP contribution is 2.21. The van der Waals surface area contributed by atoms with Crippen molar-refractivity contribution >= 4 is 17.2 Å². The Hall–Kier alpha value is -3.54. The zero-order valence-electron chi connectivity index (χ0n) is 15.2. The maximum atomic E-state index is 12.4. The predicted molar refractivity (Wildman–Crippen MR) is 104 cm³/mol. The normalized spacial score (nSPS) is 10.9. The summed E-state index contributed by atoms with van der Waals surface area (Å²) in [4.78, 5) is 12.4. The number of rotatable bonds is 4. The fourth-order valence-electron chi connectivity index (χ4n) is 2.90. The molecule has 6 heteroatoms. The highest BCUT2D eigenvalue weighted by molar-refractivity contribution is 5.92. The van der Waals surface area contributed by atoms with Crippen LogP contribution in [0.1, 0.15) is 17.0 Å². The van der Waals surface area contributed by atoms with E-state index in [1.807, 2.05) is 74.5 Å². The Morgan fingerprint density at radius 3 is 2.63 bits per heavy atom. The number of nitrogens with zero attached hydrogens (tertiary/aromatic N) is 4. The van der Waals surface area contributed by atoms with Gasteiger partial charge in [0.15, 0.2) is 11.5 Å². The number of anilines is 1. The lowest BCUT2D eigenvalue weighted by atomic mass is 10.1. The van der Waals surface area contributed by atoms with Crippen LogP contribution in [0.15, 0.2) is 60.7 Å². The Labute approximate surface area is 156 Å². The van der Waals surface area contributed by atoms with Gasteiger partial charge < -0.3 is 5.32 Å². The maximum absolute atomic E-state index is 12.4. The highest BCUT2D eigenvalue weighted by Gasteiger charge is 2.08. The van der Waals surface area contributed by atoms with Gasteiger partial charge in [0.25, 0.3) is 0 Å². The van der Waals surface area contributed by atoms with E-state index < -0.39 is 0 Å². The molecule has 2 aromatic carbocycles. The van der Waals surface area contributed by atoms with Crippen molar-refractivity contribution in [1.82, 2.24) is 19.8 Å². The minimum absolute atomic E-state index is 0.0472. The third-order valence-corrected chi connectivity index (χ3v) is 4.35. The molecule has 2 aromatic heterocycles. The fourth-order valence-corrected chi connectivity index (χ4v) is 2.90. The Balaban J connectivity index is 1.53. The minimum Gasteiger partial charge on any atom is -0.326 e. The molecule has 0 unspecified atom stereocenters. The number of aromatic nitrogens is 4. The molecular formula is C21H19N5O. The molecule has 0 saturated heterocycles. The first-order valence-electron chi connectivity index (χ1n) is 8.73. The van der Waals surface area contributed by atoms with Crippen molar-refractivity contribution in [3.8, 4) is 11.3 Å². The Morgan fingerprint density at radius 2 is 1.81 bits per heavy atom. The monoisotopic (exact) mass is 357 g/mol. The van der Waals surface area contributed by atoms with E-state index in [1.165, 1.54) is 5.56 Å². The van der Waals surface area contributed by atoms with E-state index >= 15 is 0 Å². The minimum atomic E-state index is -0.0472. The number of carbonyl (C=O) groups excluding carboxylic acids is 1. The molecule has 134 valence electrons. The third kappa shape index (κ3) is 3.69. The van der Waals surface area contributed by atoms with Crippen molar-refractivity contribution in [2.75, 3.05) is 5.32 Å². The van der Waals surface area contributed by atoms with Crippen LogP contribution in [0.5, 0.6) is 0 Å². The van der Waals surface area contributed by atoms with Crippen LogP contribution in [0.3, 0.4) is 0 Å². The van der Waals surface area contributed by atoms with E-state index in [2.05, 4.69) is 20.6 Å². The van der Waals surface area contributed by atoms with Gasteiger partial charge in [0.1, 0.15) is 0 Å². The second-order valence-electron chi connectivity index (χ2n) is 6.53. The van der Waals surface area contributed by atoms with Gasteiger partial charge in [0.2, 0.25) is 5.91 Å². The molecule has 0 spiro atoms. The molecule has 0 saturated carbocycles. The lowest BCUT2D eigenvalue weighted by Crippen LogP contribution is -2.14. The third-order valence-electron chi connectivity index (χ3n) is 4.35. The summed E-state index contributed by atoms with van der Waals surface area (Å²) >= 11 is 0. The van der Waals surface area contributed by atoms with Crippen molar-refractivity contribution < 1.29 is 4.79 Å². The molecule has 1 N–H and O–H groups in total. The van der Waals surface area contributed by atoms with Crippen LogP contribution in [0.2, 0.25) is 0 Å². The van der Waals surface area contributed by atoms with E-state index in [4.69, 9.17) is 0 Å². The summed E-state index contributed by atoms with van der Waals surface area (Å²) in [6.45, 7) is 3.89. The molecule has 4 aromatic rings. The average Bonchev–Trinajstić information content (AvgIpc) is 3.04. The quantitative estimate of drug-likeness (QED) is 0.606. The molecule has 0 bridgehead atoms. The average molecular weight is 357 g/mol. The lowest BCUT2D eigenvalue weighted by Gasteiger charge is -2.08.